The molecule has 0 heterocycles. The maximum Gasteiger partial charge on any atom is 0.123 e. The number of para-hydroxylation sites is 4. The Morgan fingerprint density at radius 3 is 0.606 bits per heavy atom. The monoisotopic (exact) mass is 870 g/mol. The highest BCUT2D eigenvalue weighted by Gasteiger charge is 2.37. The van der Waals surface area contributed by atoms with Crippen molar-refractivity contribution in [2.45, 2.75) is 24.7 Å². The normalized spacial score (nSPS) is 11.7. The van der Waals surface area contributed by atoms with Gasteiger partial charge in [-0.15, -0.1) is 0 Å². The van der Waals surface area contributed by atoms with Crippen LogP contribution >= 0.6 is 0 Å². The first-order valence-corrected chi connectivity index (χ1v) is 21.4. The van der Waals surface area contributed by atoms with Crippen LogP contribution in [0, 0.1) is 0 Å². The van der Waals surface area contributed by atoms with Gasteiger partial charge in [0.15, 0.2) is 0 Å². The van der Waals surface area contributed by atoms with Gasteiger partial charge in [-0.2, -0.15) is 0 Å². The number of hydrogen-bond donors (Lipinski definition) is 8. The molecule has 8 nitrogen and oxygen atoms in total. The van der Waals surface area contributed by atoms with Crippen molar-refractivity contribution in [1.29, 1.82) is 0 Å². The van der Waals surface area contributed by atoms with Crippen molar-refractivity contribution < 1.29 is 40.9 Å². The van der Waals surface area contributed by atoms with E-state index in [9.17, 15) is 40.9 Å². The molecular formula is C58H46O8. The van der Waals surface area contributed by atoms with Crippen molar-refractivity contribution in [1.82, 2.24) is 0 Å². The first kappa shape index (κ1) is 42.7. The Bertz CT molecular complexity index is 2870. The van der Waals surface area contributed by atoms with Gasteiger partial charge in [0.25, 0.3) is 0 Å². The summed E-state index contributed by atoms with van der Waals surface area (Å²) in [5.74, 6) is -0.0926. The maximum atomic E-state index is 11.2. The predicted molar refractivity (Wildman–Crippen MR) is 258 cm³/mol. The van der Waals surface area contributed by atoms with Gasteiger partial charge in [0.05, 0.1) is 0 Å². The van der Waals surface area contributed by atoms with Gasteiger partial charge in [-0.3, -0.25) is 0 Å². The highest BCUT2D eigenvalue weighted by molar-refractivity contribution is 5.81. The molecule has 0 bridgehead atoms. The smallest absolute Gasteiger partial charge is 0.123 e. The van der Waals surface area contributed by atoms with E-state index in [0.29, 0.717) is 44.5 Å². The van der Waals surface area contributed by atoms with Crippen molar-refractivity contribution in [2.75, 3.05) is 0 Å². The number of phenolic OH excluding ortho intramolecular Hbond substituents is 8. The first-order valence-electron chi connectivity index (χ1n) is 21.4. The molecular weight excluding hydrogens is 825 g/mol. The van der Waals surface area contributed by atoms with Gasteiger partial charge in [-0.05, 0) is 120 Å². The van der Waals surface area contributed by atoms with Gasteiger partial charge in [-0.1, -0.05) is 121 Å². The molecule has 0 amide bonds. The van der Waals surface area contributed by atoms with Gasteiger partial charge in [0.1, 0.15) is 46.0 Å². The largest absolute Gasteiger partial charge is 0.507 e. The van der Waals surface area contributed by atoms with Crippen molar-refractivity contribution in [2.24, 2.45) is 0 Å². The molecule has 0 fully saturated rings. The molecule has 0 radical (unpaired) electrons. The van der Waals surface area contributed by atoms with Crippen molar-refractivity contribution in [3.8, 4) is 90.5 Å². The third kappa shape index (κ3) is 7.34. The summed E-state index contributed by atoms with van der Waals surface area (Å²) in [5.41, 5.74) is 6.08. The molecule has 66 heavy (non-hydrogen) atoms. The zero-order valence-corrected chi connectivity index (χ0v) is 36.1. The summed E-state index contributed by atoms with van der Waals surface area (Å²) in [6.07, 6.45) is 0. The minimum Gasteiger partial charge on any atom is -0.507 e. The third-order valence-electron chi connectivity index (χ3n) is 13.1. The molecule has 0 spiro atoms. The summed E-state index contributed by atoms with van der Waals surface area (Å²) < 4.78 is 0. The van der Waals surface area contributed by atoms with Crippen LogP contribution in [0.2, 0.25) is 0 Å². The Balaban J connectivity index is 1.27. The van der Waals surface area contributed by atoms with Gasteiger partial charge in [-0.25, -0.2) is 0 Å². The lowest BCUT2D eigenvalue weighted by atomic mass is 9.67. The zero-order valence-electron chi connectivity index (χ0n) is 36.1. The summed E-state index contributed by atoms with van der Waals surface area (Å²) in [6, 6.07) is 56.4. The highest BCUT2D eigenvalue weighted by atomic mass is 16.3. The second-order valence-electron chi connectivity index (χ2n) is 16.8. The molecule has 9 aromatic rings. The fourth-order valence-electron chi connectivity index (χ4n) is 9.19. The van der Waals surface area contributed by atoms with Crippen molar-refractivity contribution >= 4 is 0 Å². The zero-order chi connectivity index (χ0) is 46.3. The lowest BCUT2D eigenvalue weighted by Crippen LogP contribution is -2.28. The van der Waals surface area contributed by atoms with Crippen LogP contribution in [0.3, 0.4) is 0 Å². The second kappa shape index (κ2) is 16.8. The standard InChI is InChI=1S/C58H46O8/c1-57(37-23-27-53(63)45(31-37)41-11-3-7-15-49(41)59,38-24-28-54(64)46(32-38)42-12-4-8-16-50(42)60)35-19-21-36(22-20-35)58(2,39-25-29-55(65)47(33-39)43-13-5-9-17-51(43)61)40-26-30-56(66)48(34-40)44-14-6-10-18-52(44)62/h3-34,59-66H,1-2H3. The summed E-state index contributed by atoms with van der Waals surface area (Å²) in [5, 5.41) is 88.7. The van der Waals surface area contributed by atoms with Crippen LogP contribution in [0.4, 0.5) is 0 Å². The lowest BCUT2D eigenvalue weighted by Gasteiger charge is -2.35. The maximum absolute atomic E-state index is 11.2. The van der Waals surface area contributed by atoms with Crippen LogP contribution in [0.15, 0.2) is 194 Å². The minimum atomic E-state index is -0.998. The molecule has 9 aromatic carbocycles. The summed E-state index contributed by atoms with van der Waals surface area (Å²) in [4.78, 5) is 0. The van der Waals surface area contributed by atoms with Gasteiger partial charge >= 0.3 is 0 Å². The molecule has 0 unspecified atom stereocenters. The van der Waals surface area contributed by atoms with Crippen LogP contribution in [0.1, 0.15) is 47.2 Å². The topological polar surface area (TPSA) is 162 Å². The Morgan fingerprint density at radius 2 is 0.394 bits per heavy atom. The molecule has 0 saturated heterocycles. The van der Waals surface area contributed by atoms with E-state index in [1.54, 1.807) is 121 Å². The molecule has 9 rings (SSSR count). The summed E-state index contributed by atoms with van der Waals surface area (Å²) >= 11 is 0. The SMILES string of the molecule is CC(c1ccc(C(C)(c2ccc(O)c(-c3ccccc3O)c2)c2ccc(O)c(-c3ccccc3O)c2)cc1)(c1ccc(O)c(-c2ccccc2O)c1)c1ccc(O)c(-c2ccccc2O)c1. The molecule has 0 aromatic heterocycles. The van der Waals surface area contributed by atoms with Gasteiger partial charge < -0.3 is 40.9 Å². The van der Waals surface area contributed by atoms with Gasteiger partial charge in [0, 0.05) is 55.3 Å². The molecule has 8 heteroatoms. The second-order valence-corrected chi connectivity index (χ2v) is 16.8. The number of phenols is 8. The molecule has 326 valence electrons. The van der Waals surface area contributed by atoms with E-state index in [2.05, 4.69) is 0 Å². The first-order chi connectivity index (χ1) is 31.8. The average molecular weight is 871 g/mol. The number of hydrogen-bond acceptors (Lipinski definition) is 8. The summed E-state index contributed by atoms with van der Waals surface area (Å²) in [7, 11) is 0. The summed E-state index contributed by atoms with van der Waals surface area (Å²) in [6.45, 7) is 4.08. The molecule has 8 N–H and O–H groups in total. The fraction of sp³-hybridized carbons (Fsp3) is 0.0690. The van der Waals surface area contributed by atoms with Crippen molar-refractivity contribution in [3.05, 3.63) is 228 Å². The van der Waals surface area contributed by atoms with Crippen LogP contribution in [0.5, 0.6) is 46.0 Å². The Morgan fingerprint density at radius 1 is 0.212 bits per heavy atom. The van der Waals surface area contributed by atoms with E-state index in [4.69, 9.17) is 0 Å². The van der Waals surface area contributed by atoms with Crippen LogP contribution in [-0.2, 0) is 10.8 Å². The minimum absolute atomic E-state index is 0.00138. The average Bonchev–Trinajstić information content (AvgIpc) is 3.33. The van der Waals surface area contributed by atoms with Crippen LogP contribution in [-0.4, -0.2) is 40.9 Å². The Kier molecular flexibility index (Phi) is 10.9. The molecule has 0 atom stereocenters. The number of benzene rings is 9. The molecule has 0 aliphatic heterocycles. The molecule has 0 aliphatic rings. The van der Waals surface area contributed by atoms with E-state index in [-0.39, 0.29) is 46.0 Å². The quantitative estimate of drug-likeness (QED) is 0.0630. The Hall–Kier alpha value is -8.62. The van der Waals surface area contributed by atoms with Crippen LogP contribution < -0.4 is 0 Å². The van der Waals surface area contributed by atoms with E-state index < -0.39 is 10.8 Å². The van der Waals surface area contributed by atoms with E-state index in [1.807, 2.05) is 86.6 Å². The predicted octanol–water partition coefficient (Wildman–Crippen LogP) is 12.7. The van der Waals surface area contributed by atoms with E-state index >= 15 is 0 Å². The van der Waals surface area contributed by atoms with Crippen molar-refractivity contribution in [3.63, 3.8) is 0 Å². The van der Waals surface area contributed by atoms with E-state index in [0.717, 1.165) is 33.4 Å². The fourth-order valence-corrected chi connectivity index (χ4v) is 9.19. The molecule has 0 aliphatic carbocycles. The van der Waals surface area contributed by atoms with Crippen LogP contribution in [0.25, 0.3) is 44.5 Å². The lowest BCUT2D eigenvalue weighted by molar-refractivity contribution is 0.468. The number of rotatable bonds is 10. The molecule has 0 saturated carbocycles. The highest BCUT2D eigenvalue weighted by Crippen LogP contribution is 2.49. The van der Waals surface area contributed by atoms with E-state index in [1.165, 1.54) is 0 Å². The third-order valence-corrected chi connectivity index (χ3v) is 13.1. The van der Waals surface area contributed by atoms with Gasteiger partial charge in [0.2, 0.25) is 0 Å². The Labute approximate surface area is 382 Å². The number of aromatic hydroxyl groups is 8.